The maximum absolute atomic E-state index is 8.78. The first-order valence-corrected chi connectivity index (χ1v) is 5.77. The molecule has 0 aliphatic rings. The van der Waals surface area contributed by atoms with Gasteiger partial charge < -0.3 is 0 Å². The minimum absolute atomic E-state index is 0.0553. The normalized spacial score (nSPS) is 14.5. The van der Waals surface area contributed by atoms with E-state index in [0.29, 0.717) is 6.04 Å². The van der Waals surface area contributed by atoms with Gasteiger partial charge in [0.2, 0.25) is 0 Å². The van der Waals surface area contributed by atoms with Crippen molar-refractivity contribution in [3.8, 4) is 6.07 Å². The summed E-state index contributed by atoms with van der Waals surface area (Å²) in [6, 6.07) is 10.4. The number of hydrogen-bond donors (Lipinski definition) is 0. The Morgan fingerprint density at radius 1 is 1.31 bits per heavy atom. The van der Waals surface area contributed by atoms with Crippen molar-refractivity contribution in [2.24, 2.45) is 5.92 Å². The molecule has 0 saturated carbocycles. The van der Waals surface area contributed by atoms with Gasteiger partial charge in [-0.05, 0) is 38.6 Å². The zero-order valence-corrected chi connectivity index (χ0v) is 10.7. The van der Waals surface area contributed by atoms with Crippen molar-refractivity contribution in [3.05, 3.63) is 34.9 Å². The van der Waals surface area contributed by atoms with Gasteiger partial charge in [0.25, 0.3) is 0 Å². The molecule has 2 atom stereocenters. The Labute approximate surface area is 102 Å². The minimum Gasteiger partial charge on any atom is -0.298 e. The molecule has 86 valence electrons. The highest BCUT2D eigenvalue weighted by molar-refractivity contribution is 6.30. The molecule has 0 bridgehead atoms. The molecule has 1 rings (SSSR count). The molecule has 0 radical (unpaired) electrons. The maximum atomic E-state index is 8.78. The largest absolute Gasteiger partial charge is 0.298 e. The standard InChI is InChI=1S/C13H17ClN2/c1-10(8-15)9-16(3)11(2)12-4-6-13(14)7-5-12/h4-7,10-11H,9H2,1-3H3. The van der Waals surface area contributed by atoms with Crippen LogP contribution < -0.4 is 0 Å². The summed E-state index contributed by atoms with van der Waals surface area (Å²) >= 11 is 5.85. The van der Waals surface area contributed by atoms with Gasteiger partial charge in [-0.2, -0.15) is 5.26 Å². The highest BCUT2D eigenvalue weighted by Crippen LogP contribution is 2.21. The van der Waals surface area contributed by atoms with Crippen LogP contribution >= 0.6 is 11.6 Å². The highest BCUT2D eigenvalue weighted by Gasteiger charge is 2.13. The molecule has 16 heavy (non-hydrogen) atoms. The van der Waals surface area contributed by atoms with Crippen LogP contribution in [0.3, 0.4) is 0 Å². The van der Waals surface area contributed by atoms with Crippen LogP contribution in [0.15, 0.2) is 24.3 Å². The summed E-state index contributed by atoms with van der Waals surface area (Å²) in [4.78, 5) is 2.18. The molecule has 3 heteroatoms. The second kappa shape index (κ2) is 5.89. The smallest absolute Gasteiger partial charge is 0.0666 e. The predicted octanol–water partition coefficient (Wildman–Crippen LogP) is 3.49. The monoisotopic (exact) mass is 236 g/mol. The van der Waals surface area contributed by atoms with Crippen molar-refractivity contribution in [2.45, 2.75) is 19.9 Å². The number of nitrogens with zero attached hydrogens (tertiary/aromatic N) is 2. The Kier molecular flexibility index (Phi) is 4.79. The summed E-state index contributed by atoms with van der Waals surface area (Å²) in [5.74, 6) is 0.0553. The molecule has 0 spiro atoms. The summed E-state index contributed by atoms with van der Waals surface area (Å²) in [6.45, 7) is 4.85. The van der Waals surface area contributed by atoms with E-state index in [9.17, 15) is 0 Å². The van der Waals surface area contributed by atoms with Gasteiger partial charge in [-0.15, -0.1) is 0 Å². The van der Waals surface area contributed by atoms with Crippen molar-refractivity contribution in [1.29, 1.82) is 5.26 Å². The van der Waals surface area contributed by atoms with Gasteiger partial charge in [-0.1, -0.05) is 23.7 Å². The Morgan fingerprint density at radius 2 is 1.88 bits per heavy atom. The van der Waals surface area contributed by atoms with Gasteiger partial charge in [0.05, 0.1) is 12.0 Å². The van der Waals surface area contributed by atoms with Gasteiger partial charge in [0.15, 0.2) is 0 Å². The zero-order chi connectivity index (χ0) is 12.1. The van der Waals surface area contributed by atoms with Crippen LogP contribution in [0.5, 0.6) is 0 Å². The molecule has 2 nitrogen and oxygen atoms in total. The molecule has 1 aromatic rings. The lowest BCUT2D eigenvalue weighted by Gasteiger charge is -2.25. The molecule has 0 saturated heterocycles. The van der Waals surface area contributed by atoms with Crippen molar-refractivity contribution in [3.63, 3.8) is 0 Å². The van der Waals surface area contributed by atoms with E-state index in [2.05, 4.69) is 17.9 Å². The molecule has 2 unspecified atom stereocenters. The zero-order valence-electron chi connectivity index (χ0n) is 9.94. The van der Waals surface area contributed by atoms with E-state index in [4.69, 9.17) is 16.9 Å². The van der Waals surface area contributed by atoms with Crippen molar-refractivity contribution >= 4 is 11.6 Å². The van der Waals surface area contributed by atoms with E-state index in [0.717, 1.165) is 11.6 Å². The van der Waals surface area contributed by atoms with E-state index in [-0.39, 0.29) is 5.92 Å². The van der Waals surface area contributed by atoms with E-state index >= 15 is 0 Å². The average Bonchev–Trinajstić information content (AvgIpc) is 2.28. The van der Waals surface area contributed by atoms with Crippen LogP contribution in [0.1, 0.15) is 25.5 Å². The van der Waals surface area contributed by atoms with Gasteiger partial charge >= 0.3 is 0 Å². The van der Waals surface area contributed by atoms with Crippen LogP contribution in [0, 0.1) is 17.2 Å². The summed E-state index contributed by atoms with van der Waals surface area (Å²) in [7, 11) is 2.03. The molecule has 0 aliphatic heterocycles. The third-order valence-corrected chi connectivity index (χ3v) is 3.05. The molecular weight excluding hydrogens is 220 g/mol. The summed E-state index contributed by atoms with van der Waals surface area (Å²) < 4.78 is 0. The lowest BCUT2D eigenvalue weighted by atomic mass is 10.1. The molecule has 1 aromatic carbocycles. The summed E-state index contributed by atoms with van der Waals surface area (Å²) in [6.07, 6.45) is 0. The van der Waals surface area contributed by atoms with Crippen molar-refractivity contribution in [1.82, 2.24) is 4.90 Å². The third-order valence-electron chi connectivity index (χ3n) is 2.80. The first kappa shape index (κ1) is 13.0. The summed E-state index contributed by atoms with van der Waals surface area (Å²) in [5.41, 5.74) is 1.22. The minimum atomic E-state index is 0.0553. The molecule has 0 N–H and O–H groups in total. The maximum Gasteiger partial charge on any atom is 0.0666 e. The van der Waals surface area contributed by atoms with Crippen molar-refractivity contribution < 1.29 is 0 Å². The first-order chi connectivity index (χ1) is 7.54. The molecular formula is C13H17ClN2. The van der Waals surface area contributed by atoms with E-state index in [1.165, 1.54) is 5.56 Å². The Morgan fingerprint density at radius 3 is 2.38 bits per heavy atom. The molecule has 0 aromatic heterocycles. The fourth-order valence-electron chi connectivity index (χ4n) is 1.63. The number of halogens is 1. The van der Waals surface area contributed by atoms with E-state index < -0.39 is 0 Å². The van der Waals surface area contributed by atoms with Crippen LogP contribution in [0.4, 0.5) is 0 Å². The molecule has 0 aliphatic carbocycles. The quantitative estimate of drug-likeness (QED) is 0.800. The average molecular weight is 237 g/mol. The lowest BCUT2D eigenvalue weighted by Crippen LogP contribution is -2.26. The van der Waals surface area contributed by atoms with Crippen LogP contribution in [0.25, 0.3) is 0 Å². The van der Waals surface area contributed by atoms with Crippen molar-refractivity contribution in [2.75, 3.05) is 13.6 Å². The Bertz CT molecular complexity index is 367. The molecule has 0 fully saturated rings. The van der Waals surface area contributed by atoms with Crippen LogP contribution in [-0.2, 0) is 0 Å². The van der Waals surface area contributed by atoms with Gasteiger partial charge in [0, 0.05) is 17.6 Å². The lowest BCUT2D eigenvalue weighted by molar-refractivity contribution is 0.244. The van der Waals surface area contributed by atoms with E-state index in [1.54, 1.807) is 0 Å². The van der Waals surface area contributed by atoms with Gasteiger partial charge in [-0.3, -0.25) is 4.90 Å². The summed E-state index contributed by atoms with van der Waals surface area (Å²) in [5, 5.41) is 9.53. The number of nitriles is 1. The number of rotatable bonds is 4. The Balaban J connectivity index is 2.67. The van der Waals surface area contributed by atoms with Gasteiger partial charge in [0.1, 0.15) is 0 Å². The van der Waals surface area contributed by atoms with Crippen LogP contribution in [-0.4, -0.2) is 18.5 Å². The number of hydrogen-bond acceptors (Lipinski definition) is 2. The predicted molar refractivity (Wildman–Crippen MR) is 67.3 cm³/mol. The second-order valence-electron chi connectivity index (χ2n) is 4.20. The molecule has 0 heterocycles. The Hall–Kier alpha value is -1.04. The second-order valence-corrected chi connectivity index (χ2v) is 4.63. The SMILES string of the molecule is CC(C#N)CN(C)C(C)c1ccc(Cl)cc1. The third kappa shape index (κ3) is 3.52. The molecule has 0 amide bonds. The fraction of sp³-hybridized carbons (Fsp3) is 0.462. The highest BCUT2D eigenvalue weighted by atomic mass is 35.5. The van der Waals surface area contributed by atoms with Crippen LogP contribution in [0.2, 0.25) is 5.02 Å². The van der Waals surface area contributed by atoms with Gasteiger partial charge in [-0.25, -0.2) is 0 Å². The topological polar surface area (TPSA) is 27.0 Å². The fourth-order valence-corrected chi connectivity index (χ4v) is 1.75. The number of benzene rings is 1. The van der Waals surface area contributed by atoms with E-state index in [1.807, 2.05) is 38.2 Å². The first-order valence-electron chi connectivity index (χ1n) is 5.40.